The molecular formula is C18H28N2O3S2. The number of carbonyl (C=O) groups excluding carboxylic acids is 1. The summed E-state index contributed by atoms with van der Waals surface area (Å²) < 4.78 is 25.3. The third-order valence-electron chi connectivity index (χ3n) is 4.31. The summed E-state index contributed by atoms with van der Waals surface area (Å²) in [4.78, 5) is 12.2. The van der Waals surface area contributed by atoms with E-state index in [0.29, 0.717) is 17.5 Å². The minimum atomic E-state index is -3.51. The maximum absolute atomic E-state index is 12.2. The molecule has 0 aliphatic heterocycles. The quantitative estimate of drug-likeness (QED) is 0.700. The number of rotatable bonds is 8. The molecule has 0 radical (unpaired) electrons. The minimum absolute atomic E-state index is 0.184. The van der Waals surface area contributed by atoms with Gasteiger partial charge >= 0.3 is 0 Å². The van der Waals surface area contributed by atoms with Crippen molar-refractivity contribution in [3.63, 3.8) is 0 Å². The third-order valence-corrected chi connectivity index (χ3v) is 6.83. The predicted molar refractivity (Wildman–Crippen MR) is 106 cm³/mol. The van der Waals surface area contributed by atoms with Crippen LogP contribution in [0.3, 0.4) is 0 Å². The molecule has 0 spiro atoms. The average Bonchev–Trinajstić information content (AvgIpc) is 2.56. The summed E-state index contributed by atoms with van der Waals surface area (Å²) in [6, 6.07) is 7.17. The normalized spacial score (nSPS) is 15.8. The smallest absolute Gasteiger partial charge is 0.240 e. The van der Waals surface area contributed by atoms with Crippen LogP contribution in [0.5, 0.6) is 0 Å². The fourth-order valence-electron chi connectivity index (χ4n) is 3.02. The zero-order chi connectivity index (χ0) is 18.3. The average molecular weight is 385 g/mol. The van der Waals surface area contributed by atoms with Crippen molar-refractivity contribution < 1.29 is 13.2 Å². The molecular weight excluding hydrogens is 356 g/mol. The summed E-state index contributed by atoms with van der Waals surface area (Å²) in [5.74, 6) is 0.607. The molecule has 0 atom stereocenters. The second kappa shape index (κ2) is 9.48. The molecule has 140 valence electrons. The highest BCUT2D eigenvalue weighted by Crippen LogP contribution is 2.27. The lowest BCUT2D eigenvalue weighted by atomic mass is 10.0. The Kier molecular flexibility index (Phi) is 7.62. The van der Waals surface area contributed by atoms with Crippen LogP contribution in [0.15, 0.2) is 24.3 Å². The highest BCUT2D eigenvalue weighted by atomic mass is 32.2. The van der Waals surface area contributed by atoms with Gasteiger partial charge in [0.2, 0.25) is 15.9 Å². The zero-order valence-electron chi connectivity index (χ0n) is 15.0. The van der Waals surface area contributed by atoms with Crippen molar-refractivity contribution in [1.29, 1.82) is 0 Å². The second-order valence-electron chi connectivity index (χ2n) is 6.59. The van der Waals surface area contributed by atoms with Gasteiger partial charge in [0.15, 0.2) is 0 Å². The number of amides is 1. The van der Waals surface area contributed by atoms with Gasteiger partial charge in [-0.05, 0) is 37.5 Å². The van der Waals surface area contributed by atoms with Crippen molar-refractivity contribution >= 4 is 33.4 Å². The number of thioether (sulfide) groups is 1. The number of nitrogens with one attached hydrogen (secondary N) is 1. The first kappa shape index (κ1) is 20.1. The van der Waals surface area contributed by atoms with Crippen molar-refractivity contribution in [2.45, 2.75) is 44.3 Å². The Morgan fingerprint density at radius 2 is 2.00 bits per heavy atom. The van der Waals surface area contributed by atoms with E-state index in [1.807, 2.05) is 24.8 Å². The third kappa shape index (κ3) is 6.90. The number of nitrogens with zero attached hydrogens (tertiary/aromatic N) is 1. The van der Waals surface area contributed by atoms with Crippen LogP contribution in [0.25, 0.3) is 0 Å². The van der Waals surface area contributed by atoms with Crippen LogP contribution >= 0.6 is 11.8 Å². The van der Waals surface area contributed by atoms with Crippen molar-refractivity contribution in [1.82, 2.24) is 5.32 Å². The molecule has 0 saturated heterocycles. The number of hydrogen-bond donors (Lipinski definition) is 1. The van der Waals surface area contributed by atoms with Gasteiger partial charge in [0.1, 0.15) is 6.54 Å². The predicted octanol–water partition coefficient (Wildman–Crippen LogP) is 2.94. The number of carbonyl (C=O) groups is 1. The van der Waals surface area contributed by atoms with Crippen LogP contribution in [-0.4, -0.2) is 44.7 Å². The van der Waals surface area contributed by atoms with E-state index < -0.39 is 10.0 Å². The molecule has 7 heteroatoms. The van der Waals surface area contributed by atoms with Gasteiger partial charge in [0.25, 0.3) is 0 Å². The van der Waals surface area contributed by atoms with E-state index in [4.69, 9.17) is 0 Å². The molecule has 25 heavy (non-hydrogen) atoms. The molecule has 1 saturated carbocycles. The van der Waals surface area contributed by atoms with Crippen LogP contribution in [0.1, 0.15) is 37.7 Å². The van der Waals surface area contributed by atoms with Gasteiger partial charge in [0, 0.05) is 17.5 Å². The monoisotopic (exact) mass is 384 g/mol. The van der Waals surface area contributed by atoms with E-state index >= 15 is 0 Å². The molecule has 1 aromatic rings. The Bertz CT molecular complexity index is 671. The van der Waals surface area contributed by atoms with Crippen LogP contribution in [0.2, 0.25) is 0 Å². The first-order valence-corrected chi connectivity index (χ1v) is 11.7. The topological polar surface area (TPSA) is 66.5 Å². The minimum Gasteiger partial charge on any atom is -0.354 e. The fraction of sp³-hybridized carbons (Fsp3) is 0.611. The molecule has 1 aliphatic carbocycles. The molecule has 0 bridgehead atoms. The highest BCUT2D eigenvalue weighted by molar-refractivity contribution is 7.99. The molecule has 0 aromatic heterocycles. The maximum atomic E-state index is 12.2. The van der Waals surface area contributed by atoms with Gasteiger partial charge in [0.05, 0.1) is 11.9 Å². The molecule has 1 aliphatic rings. The van der Waals surface area contributed by atoms with E-state index in [1.54, 1.807) is 18.2 Å². The Labute approximate surface area is 155 Å². The van der Waals surface area contributed by atoms with E-state index in [9.17, 15) is 13.2 Å². The maximum Gasteiger partial charge on any atom is 0.240 e. The van der Waals surface area contributed by atoms with Gasteiger partial charge in [-0.2, -0.15) is 11.8 Å². The van der Waals surface area contributed by atoms with Crippen molar-refractivity contribution in [2.75, 3.05) is 29.4 Å². The van der Waals surface area contributed by atoms with Crippen LogP contribution in [-0.2, 0) is 14.8 Å². The SMILES string of the molecule is Cc1cccc(N(CC(=O)NCCSC2CCCCC2)S(C)(=O)=O)c1. The summed E-state index contributed by atoms with van der Waals surface area (Å²) in [6.07, 6.45) is 7.63. The van der Waals surface area contributed by atoms with E-state index in [-0.39, 0.29) is 12.5 Å². The first-order valence-electron chi connectivity index (χ1n) is 8.79. The summed E-state index contributed by atoms with van der Waals surface area (Å²) in [7, 11) is -3.51. The first-order chi connectivity index (χ1) is 11.9. The molecule has 0 heterocycles. The molecule has 0 unspecified atom stereocenters. The largest absolute Gasteiger partial charge is 0.354 e. The van der Waals surface area contributed by atoms with Crippen LogP contribution < -0.4 is 9.62 Å². The van der Waals surface area contributed by atoms with Gasteiger partial charge in [-0.1, -0.05) is 31.4 Å². The van der Waals surface area contributed by atoms with Crippen molar-refractivity contribution in [3.05, 3.63) is 29.8 Å². The Hall–Kier alpha value is -1.21. The van der Waals surface area contributed by atoms with E-state index in [2.05, 4.69) is 5.32 Å². The Balaban J connectivity index is 1.83. The Morgan fingerprint density at radius 3 is 2.64 bits per heavy atom. The van der Waals surface area contributed by atoms with Crippen LogP contribution in [0.4, 0.5) is 5.69 Å². The Morgan fingerprint density at radius 1 is 1.28 bits per heavy atom. The molecule has 1 N–H and O–H groups in total. The number of aryl methyl sites for hydroxylation is 1. The molecule has 1 amide bonds. The summed E-state index contributed by atoms with van der Waals surface area (Å²) >= 11 is 1.92. The van der Waals surface area contributed by atoms with Crippen molar-refractivity contribution in [2.24, 2.45) is 0 Å². The standard InChI is InChI=1S/C18H28N2O3S2/c1-15-7-6-8-16(13-15)20(25(2,22)23)14-18(21)19-11-12-24-17-9-4-3-5-10-17/h6-8,13,17H,3-5,9-12,14H2,1-2H3,(H,19,21). The lowest BCUT2D eigenvalue weighted by Crippen LogP contribution is -2.41. The molecule has 1 aromatic carbocycles. The summed E-state index contributed by atoms with van der Waals surface area (Å²) in [6.45, 7) is 2.29. The summed E-state index contributed by atoms with van der Waals surface area (Å²) in [5, 5.41) is 3.56. The zero-order valence-corrected chi connectivity index (χ0v) is 16.7. The van der Waals surface area contributed by atoms with E-state index in [0.717, 1.165) is 21.9 Å². The molecule has 5 nitrogen and oxygen atoms in total. The van der Waals surface area contributed by atoms with Gasteiger partial charge in [-0.3, -0.25) is 9.10 Å². The number of benzene rings is 1. The van der Waals surface area contributed by atoms with Crippen LogP contribution in [0, 0.1) is 6.92 Å². The van der Waals surface area contributed by atoms with E-state index in [1.165, 1.54) is 32.1 Å². The summed E-state index contributed by atoms with van der Waals surface area (Å²) in [5.41, 5.74) is 1.48. The van der Waals surface area contributed by atoms with Gasteiger partial charge in [-0.25, -0.2) is 8.42 Å². The molecule has 2 rings (SSSR count). The highest BCUT2D eigenvalue weighted by Gasteiger charge is 2.21. The lowest BCUT2D eigenvalue weighted by Gasteiger charge is -2.23. The lowest BCUT2D eigenvalue weighted by molar-refractivity contribution is -0.119. The van der Waals surface area contributed by atoms with Crippen molar-refractivity contribution in [3.8, 4) is 0 Å². The second-order valence-corrected chi connectivity index (χ2v) is 9.90. The number of hydrogen-bond acceptors (Lipinski definition) is 4. The molecule has 1 fully saturated rings. The van der Waals surface area contributed by atoms with Gasteiger partial charge in [-0.15, -0.1) is 0 Å². The van der Waals surface area contributed by atoms with Gasteiger partial charge < -0.3 is 5.32 Å². The number of sulfonamides is 1. The fourth-order valence-corrected chi connectivity index (χ4v) is 5.09. The number of anilines is 1.